The fraction of sp³-hybridized carbons (Fsp3) is 0.0588. The van der Waals surface area contributed by atoms with Crippen LogP contribution in [0.15, 0.2) is 53.0 Å². The van der Waals surface area contributed by atoms with Crippen LogP contribution in [0.2, 0.25) is 0 Å². The third kappa shape index (κ3) is 3.72. The molecule has 3 rings (SSSR count). The Labute approximate surface area is 168 Å². The Morgan fingerprint density at radius 1 is 1.17 bits per heavy atom. The summed E-state index contributed by atoms with van der Waals surface area (Å²) < 4.78 is 5.72. The van der Waals surface area contributed by atoms with Crippen molar-refractivity contribution in [3.05, 3.63) is 64.3 Å². The number of aromatic hydroxyl groups is 1. The van der Waals surface area contributed by atoms with Gasteiger partial charge in [0.2, 0.25) is 0 Å². The van der Waals surface area contributed by atoms with E-state index in [1.165, 1.54) is 0 Å². The Kier molecular flexibility index (Phi) is 6.23. The number of pyridine rings is 1. The maximum absolute atomic E-state index is 11.2. The minimum atomic E-state index is -1.48. The third-order valence-corrected chi connectivity index (χ3v) is 4.08. The Balaban J connectivity index is 0.00000208. The van der Waals surface area contributed by atoms with E-state index >= 15 is 0 Å². The number of carbonyl (C=O) groups is 1. The Morgan fingerprint density at radius 3 is 2.54 bits per heavy atom. The molecular weight excluding hydrogens is 385 g/mol. The number of aromatic nitrogens is 1. The van der Waals surface area contributed by atoms with Crippen LogP contribution in [0.4, 0.5) is 0 Å². The van der Waals surface area contributed by atoms with Crippen LogP contribution in [0.5, 0.6) is 11.5 Å². The van der Waals surface area contributed by atoms with E-state index in [1.807, 2.05) is 30.3 Å². The van der Waals surface area contributed by atoms with Crippen LogP contribution in [-0.2, 0) is 6.61 Å². The van der Waals surface area contributed by atoms with Crippen LogP contribution in [0, 0.1) is 0 Å². The molecule has 0 saturated carbocycles. The summed E-state index contributed by atoms with van der Waals surface area (Å²) in [5.41, 5.74) is 0.861. The average molecular weight is 396 g/mol. The number of ether oxygens (including phenoxy) is 1. The zero-order valence-corrected chi connectivity index (χ0v) is 16.4. The molecule has 0 aliphatic rings. The first-order valence-electron chi connectivity index (χ1n) is 6.77. The molecule has 1 N–H and O–H groups in total. The van der Waals surface area contributed by atoms with Gasteiger partial charge in [0.15, 0.2) is 0 Å². The molecule has 0 amide bonds. The molecule has 0 saturated heterocycles. The molecule has 7 heteroatoms. The topological polar surface area (TPSA) is 82.5 Å². The molecule has 1 heterocycles. The van der Waals surface area contributed by atoms with Gasteiger partial charge in [-0.2, -0.15) is 0 Å². The van der Waals surface area contributed by atoms with E-state index in [-0.39, 0.29) is 51.0 Å². The summed E-state index contributed by atoms with van der Waals surface area (Å²) in [7, 11) is 0. The van der Waals surface area contributed by atoms with Gasteiger partial charge in [-0.05, 0) is 33.6 Å². The second-order valence-electron chi connectivity index (χ2n) is 4.84. The first kappa shape index (κ1) is 18.7. The van der Waals surface area contributed by atoms with E-state index < -0.39 is 5.97 Å². The molecule has 0 aliphatic heterocycles. The molecular formula is C17H11BrNNaO4. The second kappa shape index (κ2) is 7.98. The summed E-state index contributed by atoms with van der Waals surface area (Å²) >= 11 is 3.03. The largest absolute Gasteiger partial charge is 1.00 e. The van der Waals surface area contributed by atoms with Gasteiger partial charge in [0.05, 0.1) is 10.4 Å². The molecule has 24 heavy (non-hydrogen) atoms. The number of carboxylic acids is 1. The molecule has 3 aromatic rings. The minimum absolute atomic E-state index is 0. The van der Waals surface area contributed by atoms with Crippen molar-refractivity contribution in [1.29, 1.82) is 0 Å². The summed E-state index contributed by atoms with van der Waals surface area (Å²) in [5, 5.41) is 21.7. The van der Waals surface area contributed by atoms with Crippen molar-refractivity contribution >= 4 is 32.8 Å². The smallest absolute Gasteiger partial charge is 0.543 e. The molecule has 116 valence electrons. The Bertz CT molecular complexity index is 887. The van der Waals surface area contributed by atoms with Crippen molar-refractivity contribution in [3.8, 4) is 11.5 Å². The minimum Gasteiger partial charge on any atom is -0.543 e. The molecule has 0 atom stereocenters. The number of para-hydroxylation sites is 1. The van der Waals surface area contributed by atoms with Crippen LogP contribution in [0.25, 0.3) is 10.9 Å². The summed E-state index contributed by atoms with van der Waals surface area (Å²) in [4.78, 5) is 15.2. The van der Waals surface area contributed by atoms with Gasteiger partial charge in [-0.1, -0.05) is 36.4 Å². The van der Waals surface area contributed by atoms with E-state index in [4.69, 9.17) is 4.74 Å². The van der Waals surface area contributed by atoms with Gasteiger partial charge in [0.25, 0.3) is 0 Å². The average Bonchev–Trinajstić information content (AvgIpc) is 2.56. The van der Waals surface area contributed by atoms with Crippen molar-refractivity contribution in [1.82, 2.24) is 4.98 Å². The zero-order valence-electron chi connectivity index (χ0n) is 12.8. The molecule has 0 aliphatic carbocycles. The number of hydrogen-bond acceptors (Lipinski definition) is 5. The third-order valence-electron chi connectivity index (χ3n) is 3.32. The van der Waals surface area contributed by atoms with E-state index in [1.54, 1.807) is 18.2 Å². The van der Waals surface area contributed by atoms with E-state index in [9.17, 15) is 15.0 Å². The number of hydrogen-bond donors (Lipinski definition) is 1. The van der Waals surface area contributed by atoms with Crippen molar-refractivity contribution in [2.45, 2.75) is 6.61 Å². The fourth-order valence-corrected chi connectivity index (χ4v) is 2.67. The summed E-state index contributed by atoms with van der Waals surface area (Å²) in [6.07, 6.45) is 0. The molecule has 0 unspecified atom stereocenters. The molecule has 2 aromatic carbocycles. The number of carboxylic acid groups (broad SMARTS) is 1. The molecule has 5 nitrogen and oxygen atoms in total. The summed E-state index contributed by atoms with van der Waals surface area (Å²) in [6.45, 7) is 0.305. The van der Waals surface area contributed by atoms with Crippen molar-refractivity contribution in [2.75, 3.05) is 0 Å². The summed E-state index contributed by atoms with van der Waals surface area (Å²) in [6, 6.07) is 14.5. The maximum atomic E-state index is 11.2. The van der Waals surface area contributed by atoms with Gasteiger partial charge in [-0.15, -0.1) is 0 Å². The van der Waals surface area contributed by atoms with Crippen LogP contribution in [0.1, 0.15) is 16.1 Å². The normalized spacial score (nSPS) is 10.2. The van der Waals surface area contributed by atoms with Crippen LogP contribution in [0.3, 0.4) is 0 Å². The molecule has 0 bridgehead atoms. The number of rotatable bonds is 4. The fourth-order valence-electron chi connectivity index (χ4n) is 2.21. The Morgan fingerprint density at radius 2 is 1.88 bits per heavy atom. The number of benzene rings is 2. The quantitative estimate of drug-likeness (QED) is 0.610. The van der Waals surface area contributed by atoms with Crippen LogP contribution < -0.4 is 39.4 Å². The zero-order chi connectivity index (χ0) is 16.4. The first-order valence-corrected chi connectivity index (χ1v) is 7.56. The number of carbonyl (C=O) groups excluding carboxylic acids is 1. The Hall–Kier alpha value is -1.60. The van der Waals surface area contributed by atoms with Gasteiger partial charge in [-0.3, -0.25) is 0 Å². The maximum Gasteiger partial charge on any atom is 1.00 e. The van der Waals surface area contributed by atoms with Gasteiger partial charge in [0.1, 0.15) is 29.3 Å². The van der Waals surface area contributed by atoms with Gasteiger partial charge in [-0.25, -0.2) is 4.98 Å². The van der Waals surface area contributed by atoms with Crippen LogP contribution >= 0.6 is 15.9 Å². The van der Waals surface area contributed by atoms with Gasteiger partial charge < -0.3 is 19.7 Å². The van der Waals surface area contributed by atoms with Crippen molar-refractivity contribution < 1.29 is 49.3 Å². The van der Waals surface area contributed by atoms with E-state index in [0.29, 0.717) is 17.7 Å². The van der Waals surface area contributed by atoms with Crippen LogP contribution in [-0.4, -0.2) is 16.1 Å². The molecule has 0 spiro atoms. The second-order valence-corrected chi connectivity index (χ2v) is 5.63. The standard InChI is InChI=1S/C17H12BrNO4.Na/c18-13-15(17(21)22)19-14-11(16(13)20)7-4-8-12(14)23-9-10-5-2-1-3-6-10;/h1-8H,9H2,(H,19,20)(H,21,22);/q;+1/p-1. The van der Waals surface area contributed by atoms with E-state index in [2.05, 4.69) is 20.9 Å². The monoisotopic (exact) mass is 395 g/mol. The summed E-state index contributed by atoms with van der Waals surface area (Å²) in [5.74, 6) is -1.30. The van der Waals surface area contributed by atoms with Gasteiger partial charge >= 0.3 is 29.6 Å². The number of halogens is 1. The predicted molar refractivity (Wildman–Crippen MR) is 86.2 cm³/mol. The first-order chi connectivity index (χ1) is 11.1. The van der Waals surface area contributed by atoms with Gasteiger partial charge in [0, 0.05) is 5.39 Å². The molecule has 1 aromatic heterocycles. The molecule has 0 radical (unpaired) electrons. The number of fused-ring (bicyclic) bond motifs is 1. The van der Waals surface area contributed by atoms with E-state index in [0.717, 1.165) is 5.56 Å². The number of aromatic carboxylic acids is 1. The number of nitrogens with zero attached hydrogens (tertiary/aromatic N) is 1. The van der Waals surface area contributed by atoms with Crippen molar-refractivity contribution in [3.63, 3.8) is 0 Å². The molecule has 0 fully saturated rings. The van der Waals surface area contributed by atoms with Crippen molar-refractivity contribution in [2.24, 2.45) is 0 Å². The predicted octanol–water partition coefficient (Wildman–Crippen LogP) is -0.351. The SMILES string of the molecule is O=C([O-])c1nc2c(OCc3ccccc3)cccc2c(O)c1Br.[Na+].